The van der Waals surface area contributed by atoms with Gasteiger partial charge in [0.05, 0.1) is 16.8 Å². The maximum absolute atomic E-state index is 13.5. The minimum atomic E-state index is -0.349. The Morgan fingerprint density at radius 3 is 2.74 bits per heavy atom. The van der Waals surface area contributed by atoms with Gasteiger partial charge in [0.25, 0.3) is 0 Å². The van der Waals surface area contributed by atoms with Crippen molar-refractivity contribution in [3.8, 4) is 0 Å². The highest BCUT2D eigenvalue weighted by atomic mass is 35.5. The number of halogens is 2. The average Bonchev–Trinajstić information content (AvgIpc) is 2.57. The summed E-state index contributed by atoms with van der Waals surface area (Å²) >= 11 is 6.34. The van der Waals surface area contributed by atoms with E-state index in [1.54, 1.807) is 18.2 Å². The summed E-state index contributed by atoms with van der Waals surface area (Å²) < 4.78 is 13.5. The molecule has 0 N–H and O–H groups in total. The van der Waals surface area contributed by atoms with Gasteiger partial charge in [-0.2, -0.15) is 0 Å². The van der Waals surface area contributed by atoms with Gasteiger partial charge in [0, 0.05) is 10.9 Å². The molecule has 0 saturated heterocycles. The third-order valence-corrected chi connectivity index (χ3v) is 4.02. The second-order valence-electron chi connectivity index (χ2n) is 5.04. The van der Waals surface area contributed by atoms with E-state index >= 15 is 0 Å². The molecule has 0 unspecified atom stereocenters. The van der Waals surface area contributed by atoms with E-state index in [0.29, 0.717) is 16.3 Å². The highest BCUT2D eigenvalue weighted by Gasteiger charge is 2.10. The predicted molar refractivity (Wildman–Crippen MR) is 90.3 cm³/mol. The van der Waals surface area contributed by atoms with E-state index in [-0.39, 0.29) is 12.4 Å². The Balaban J connectivity index is 1.77. The van der Waals surface area contributed by atoms with Crippen LogP contribution in [0.15, 0.2) is 53.7 Å². The minimum absolute atomic E-state index is 0.120. The number of aromatic nitrogens is 1. The number of rotatable bonds is 4. The van der Waals surface area contributed by atoms with Crippen LogP contribution in [0, 0.1) is 12.7 Å². The summed E-state index contributed by atoms with van der Waals surface area (Å²) in [5, 5.41) is 5.36. The van der Waals surface area contributed by atoms with Crippen molar-refractivity contribution in [1.29, 1.82) is 0 Å². The summed E-state index contributed by atoms with van der Waals surface area (Å²) in [5.41, 5.74) is 2.77. The Kier molecular flexibility index (Phi) is 4.53. The van der Waals surface area contributed by atoms with Gasteiger partial charge in [-0.15, -0.1) is 0 Å². The zero-order chi connectivity index (χ0) is 16.2. The van der Waals surface area contributed by atoms with Crippen LogP contribution in [0.2, 0.25) is 5.02 Å². The van der Waals surface area contributed by atoms with Crippen LogP contribution in [-0.4, -0.2) is 11.2 Å². The molecule has 0 aliphatic rings. The van der Waals surface area contributed by atoms with Gasteiger partial charge >= 0.3 is 0 Å². The van der Waals surface area contributed by atoms with Gasteiger partial charge in [-0.3, -0.25) is 0 Å². The Bertz CT molecular complexity index is 880. The summed E-state index contributed by atoms with van der Waals surface area (Å²) in [6.45, 7) is 2.06. The quantitative estimate of drug-likeness (QED) is 0.505. The number of aryl methyl sites for hydroxylation is 1. The van der Waals surface area contributed by atoms with E-state index in [2.05, 4.69) is 10.1 Å². The third kappa shape index (κ3) is 3.32. The fourth-order valence-electron chi connectivity index (χ4n) is 2.29. The van der Waals surface area contributed by atoms with Crippen molar-refractivity contribution in [3.63, 3.8) is 0 Å². The Labute approximate surface area is 138 Å². The topological polar surface area (TPSA) is 34.5 Å². The Morgan fingerprint density at radius 1 is 1.17 bits per heavy atom. The summed E-state index contributed by atoms with van der Waals surface area (Å²) in [7, 11) is 0. The van der Waals surface area contributed by atoms with E-state index in [1.807, 2.05) is 31.2 Å². The molecule has 0 amide bonds. The molecule has 5 heteroatoms. The molecule has 0 spiro atoms. The lowest BCUT2D eigenvalue weighted by Gasteiger charge is -2.09. The predicted octanol–water partition coefficient (Wildman–Crippen LogP) is 4.89. The molecule has 3 nitrogen and oxygen atoms in total. The average molecular weight is 329 g/mol. The molecule has 3 rings (SSSR count). The molecule has 0 aliphatic carbocycles. The Morgan fingerprint density at radius 2 is 1.91 bits per heavy atom. The zero-order valence-electron chi connectivity index (χ0n) is 12.5. The highest BCUT2D eigenvalue weighted by molar-refractivity contribution is 6.32. The molecular weight excluding hydrogens is 315 g/mol. The first-order chi connectivity index (χ1) is 11.2. The molecule has 1 aromatic heterocycles. The SMILES string of the molecule is Cc1c(Cl)c(CO/N=C\c2ccccc2F)nc2ccccc12. The van der Waals surface area contributed by atoms with E-state index < -0.39 is 0 Å². The third-order valence-electron chi connectivity index (χ3n) is 3.52. The number of oxime groups is 1. The lowest BCUT2D eigenvalue weighted by atomic mass is 10.1. The maximum Gasteiger partial charge on any atom is 0.160 e. The van der Waals surface area contributed by atoms with Crippen molar-refractivity contribution in [2.45, 2.75) is 13.5 Å². The van der Waals surface area contributed by atoms with Crippen molar-refractivity contribution in [2.24, 2.45) is 5.16 Å². The van der Waals surface area contributed by atoms with Crippen LogP contribution in [0.25, 0.3) is 10.9 Å². The van der Waals surface area contributed by atoms with Gasteiger partial charge in [-0.25, -0.2) is 9.37 Å². The normalized spacial score (nSPS) is 11.3. The van der Waals surface area contributed by atoms with Gasteiger partial charge in [0.15, 0.2) is 6.61 Å². The van der Waals surface area contributed by atoms with Crippen LogP contribution < -0.4 is 0 Å². The summed E-state index contributed by atoms with van der Waals surface area (Å²) in [6, 6.07) is 14.1. The Hall–Kier alpha value is -2.46. The molecule has 3 aromatic rings. The summed E-state index contributed by atoms with van der Waals surface area (Å²) in [4.78, 5) is 9.71. The lowest BCUT2D eigenvalue weighted by Crippen LogP contribution is -1.97. The lowest BCUT2D eigenvalue weighted by molar-refractivity contribution is 0.129. The number of hydrogen-bond acceptors (Lipinski definition) is 3. The molecule has 0 aliphatic heterocycles. The molecule has 0 bridgehead atoms. The molecule has 0 fully saturated rings. The molecule has 0 atom stereocenters. The standard InChI is InChI=1S/C18H14ClFN2O/c1-12-14-7-3-5-9-16(14)22-17(18(12)19)11-23-21-10-13-6-2-4-8-15(13)20/h2-10H,11H2,1H3/b21-10-. The number of nitrogens with zero attached hydrogens (tertiary/aromatic N) is 2. The number of fused-ring (bicyclic) bond motifs is 1. The van der Waals surface area contributed by atoms with Crippen LogP contribution in [0.4, 0.5) is 4.39 Å². The number of para-hydroxylation sites is 1. The van der Waals surface area contributed by atoms with E-state index in [0.717, 1.165) is 16.5 Å². The van der Waals surface area contributed by atoms with Crippen molar-refractivity contribution in [3.05, 3.63) is 76.2 Å². The largest absolute Gasteiger partial charge is 0.389 e. The summed E-state index contributed by atoms with van der Waals surface area (Å²) in [5.74, 6) is -0.349. The van der Waals surface area contributed by atoms with Gasteiger partial charge in [0.1, 0.15) is 11.5 Å². The molecule has 116 valence electrons. The molecular formula is C18H14ClFN2O. The zero-order valence-corrected chi connectivity index (χ0v) is 13.2. The second kappa shape index (κ2) is 6.75. The van der Waals surface area contributed by atoms with Gasteiger partial charge in [0.2, 0.25) is 0 Å². The molecule has 1 heterocycles. The van der Waals surface area contributed by atoms with Crippen molar-refractivity contribution in [2.75, 3.05) is 0 Å². The molecule has 0 radical (unpaired) electrons. The second-order valence-corrected chi connectivity index (χ2v) is 5.42. The van der Waals surface area contributed by atoms with Crippen LogP contribution >= 0.6 is 11.6 Å². The van der Waals surface area contributed by atoms with Gasteiger partial charge < -0.3 is 4.84 Å². The van der Waals surface area contributed by atoms with Crippen LogP contribution in [0.3, 0.4) is 0 Å². The van der Waals surface area contributed by atoms with Crippen molar-refractivity contribution in [1.82, 2.24) is 4.98 Å². The fourth-order valence-corrected chi connectivity index (χ4v) is 2.48. The van der Waals surface area contributed by atoms with Gasteiger partial charge in [-0.05, 0) is 24.6 Å². The first kappa shape index (κ1) is 15.4. The number of hydrogen-bond donors (Lipinski definition) is 0. The van der Waals surface area contributed by atoms with E-state index in [1.165, 1.54) is 12.3 Å². The number of pyridine rings is 1. The fraction of sp³-hybridized carbons (Fsp3) is 0.111. The minimum Gasteiger partial charge on any atom is -0.389 e. The first-order valence-corrected chi connectivity index (χ1v) is 7.48. The van der Waals surface area contributed by atoms with Crippen LogP contribution in [-0.2, 0) is 11.4 Å². The van der Waals surface area contributed by atoms with E-state index in [9.17, 15) is 4.39 Å². The van der Waals surface area contributed by atoms with Gasteiger partial charge in [-0.1, -0.05) is 53.2 Å². The van der Waals surface area contributed by atoms with E-state index in [4.69, 9.17) is 16.4 Å². The number of benzene rings is 2. The van der Waals surface area contributed by atoms with Crippen LogP contribution in [0.1, 0.15) is 16.8 Å². The van der Waals surface area contributed by atoms with Crippen LogP contribution in [0.5, 0.6) is 0 Å². The summed E-state index contributed by atoms with van der Waals surface area (Å²) in [6.07, 6.45) is 1.33. The first-order valence-electron chi connectivity index (χ1n) is 7.10. The molecule has 0 saturated carbocycles. The highest BCUT2D eigenvalue weighted by Crippen LogP contribution is 2.27. The molecule has 2 aromatic carbocycles. The van der Waals surface area contributed by atoms with Crippen molar-refractivity contribution < 1.29 is 9.23 Å². The maximum atomic E-state index is 13.5. The monoisotopic (exact) mass is 328 g/mol. The van der Waals surface area contributed by atoms with Crippen molar-refractivity contribution >= 4 is 28.7 Å². The smallest absolute Gasteiger partial charge is 0.160 e. The molecule has 23 heavy (non-hydrogen) atoms.